The number of amides is 1. The molecule has 1 saturated heterocycles. The molecule has 0 aromatic heterocycles. The summed E-state index contributed by atoms with van der Waals surface area (Å²) in [6.45, 7) is 7.33. The lowest BCUT2D eigenvalue weighted by molar-refractivity contribution is -0.118. The molecule has 1 fully saturated rings. The Labute approximate surface area is 202 Å². The van der Waals surface area contributed by atoms with Gasteiger partial charge < -0.3 is 10.1 Å². The third-order valence-corrected chi connectivity index (χ3v) is 6.67. The van der Waals surface area contributed by atoms with Crippen molar-refractivity contribution in [2.45, 2.75) is 70.5 Å². The molecule has 0 saturated carbocycles. The van der Waals surface area contributed by atoms with E-state index in [0.29, 0.717) is 17.5 Å². The molecule has 2 aromatic rings. The van der Waals surface area contributed by atoms with Crippen molar-refractivity contribution in [2.24, 2.45) is 10.2 Å². The first-order valence-corrected chi connectivity index (χ1v) is 12.8. The molecule has 0 bridgehead atoms. The van der Waals surface area contributed by atoms with Crippen LogP contribution >= 0.6 is 11.8 Å². The van der Waals surface area contributed by atoms with Crippen molar-refractivity contribution < 1.29 is 9.53 Å². The van der Waals surface area contributed by atoms with Crippen molar-refractivity contribution in [3.05, 3.63) is 65.2 Å². The van der Waals surface area contributed by atoms with Gasteiger partial charge in [-0.2, -0.15) is 5.10 Å². The second-order valence-electron chi connectivity index (χ2n) is 8.68. The molecule has 1 aliphatic rings. The Morgan fingerprint density at radius 2 is 1.76 bits per heavy atom. The number of rotatable bonds is 12. The van der Waals surface area contributed by atoms with E-state index in [1.807, 2.05) is 24.3 Å². The number of carbonyl (C=O) groups excluding carboxylic acids is 1. The predicted octanol–water partition coefficient (Wildman–Crippen LogP) is 6.32. The molecule has 1 N–H and O–H groups in total. The number of nitrogens with one attached hydrogen (secondary N) is 1. The zero-order valence-corrected chi connectivity index (χ0v) is 20.7. The number of thioether (sulfide) groups is 1. The van der Waals surface area contributed by atoms with Crippen LogP contribution in [0.3, 0.4) is 0 Å². The van der Waals surface area contributed by atoms with Crippen LogP contribution in [0.2, 0.25) is 0 Å². The number of amidine groups is 1. The molecule has 176 valence electrons. The van der Waals surface area contributed by atoms with Crippen molar-refractivity contribution in [3.63, 3.8) is 0 Å². The molecule has 33 heavy (non-hydrogen) atoms. The number of hydrogen-bond acceptors (Lipinski definition) is 5. The summed E-state index contributed by atoms with van der Waals surface area (Å²) in [6.07, 6.45) is 8.51. The van der Waals surface area contributed by atoms with Gasteiger partial charge in [-0.3, -0.25) is 4.79 Å². The lowest BCUT2D eigenvalue weighted by Crippen LogP contribution is -2.25. The maximum absolute atomic E-state index is 12.3. The average molecular weight is 466 g/mol. The zero-order chi connectivity index (χ0) is 23.5. The largest absolute Gasteiger partial charge is 0.494 e. The Kier molecular flexibility index (Phi) is 10.0. The Morgan fingerprint density at radius 1 is 1.03 bits per heavy atom. The van der Waals surface area contributed by atoms with E-state index >= 15 is 0 Å². The number of unbranched alkanes of at least 4 members (excludes halogenated alkanes) is 4. The highest BCUT2D eigenvalue weighted by Crippen LogP contribution is 2.24. The van der Waals surface area contributed by atoms with Gasteiger partial charge in [0.25, 0.3) is 0 Å². The summed E-state index contributed by atoms with van der Waals surface area (Å²) in [6, 6.07) is 16.3. The molecule has 5 nitrogen and oxygen atoms in total. The minimum atomic E-state index is -0.178. The summed E-state index contributed by atoms with van der Waals surface area (Å²) < 4.78 is 5.79. The van der Waals surface area contributed by atoms with E-state index in [-0.39, 0.29) is 11.2 Å². The smallest absolute Gasteiger partial charge is 0.239 e. The predicted molar refractivity (Wildman–Crippen MR) is 139 cm³/mol. The number of carbonyl (C=O) groups is 1. The van der Waals surface area contributed by atoms with Crippen LogP contribution in [0.25, 0.3) is 0 Å². The second kappa shape index (κ2) is 13.2. The van der Waals surface area contributed by atoms with Crippen molar-refractivity contribution in [2.75, 3.05) is 6.61 Å². The lowest BCUT2D eigenvalue weighted by Gasteiger charge is -2.08. The van der Waals surface area contributed by atoms with Crippen molar-refractivity contribution in [3.8, 4) is 5.75 Å². The average Bonchev–Trinajstić information content (AvgIpc) is 3.16. The van der Waals surface area contributed by atoms with Gasteiger partial charge >= 0.3 is 0 Å². The molecule has 1 aliphatic heterocycles. The third-order valence-electron chi connectivity index (χ3n) is 5.60. The molecule has 1 unspecified atom stereocenters. The SMILES string of the molecule is CCCCCCCOc1ccc(C=N/N=C2\NC(=O)C(Cc3ccc(C(C)C)cc3)S2)cc1. The highest BCUT2D eigenvalue weighted by molar-refractivity contribution is 8.15. The first kappa shape index (κ1) is 25.0. The Balaban J connectivity index is 1.44. The number of ether oxygens (including phenoxy) is 1. The minimum Gasteiger partial charge on any atom is -0.494 e. The summed E-state index contributed by atoms with van der Waals surface area (Å²) in [5, 5.41) is 11.5. The Hall–Kier alpha value is -2.60. The maximum Gasteiger partial charge on any atom is 0.239 e. The fraction of sp³-hybridized carbons (Fsp3) is 0.444. The molecule has 2 aromatic carbocycles. The molecule has 1 atom stereocenters. The van der Waals surface area contributed by atoms with E-state index in [1.54, 1.807) is 6.21 Å². The molecule has 1 heterocycles. The molecular weight excluding hydrogens is 430 g/mol. The van der Waals surface area contributed by atoms with Gasteiger partial charge in [-0.1, -0.05) is 82.5 Å². The van der Waals surface area contributed by atoms with Crippen LogP contribution in [0.4, 0.5) is 0 Å². The van der Waals surface area contributed by atoms with Gasteiger partial charge in [-0.25, -0.2) is 0 Å². The van der Waals surface area contributed by atoms with E-state index < -0.39 is 0 Å². The quantitative estimate of drug-likeness (QED) is 0.226. The maximum atomic E-state index is 12.3. The van der Waals surface area contributed by atoms with Crippen LogP contribution < -0.4 is 10.1 Å². The molecule has 0 spiro atoms. The molecule has 6 heteroatoms. The summed E-state index contributed by atoms with van der Waals surface area (Å²) >= 11 is 1.43. The summed E-state index contributed by atoms with van der Waals surface area (Å²) in [7, 11) is 0. The van der Waals surface area contributed by atoms with E-state index in [2.05, 4.69) is 60.6 Å². The molecular formula is C27H35N3O2S. The van der Waals surface area contributed by atoms with Crippen molar-refractivity contribution in [1.82, 2.24) is 5.32 Å². The number of benzene rings is 2. The topological polar surface area (TPSA) is 63.1 Å². The van der Waals surface area contributed by atoms with Crippen molar-refractivity contribution >= 4 is 29.1 Å². The summed E-state index contributed by atoms with van der Waals surface area (Å²) in [5.41, 5.74) is 3.40. The van der Waals surface area contributed by atoms with E-state index in [0.717, 1.165) is 29.9 Å². The van der Waals surface area contributed by atoms with Crippen molar-refractivity contribution in [1.29, 1.82) is 0 Å². The first-order chi connectivity index (χ1) is 16.0. The van der Waals surface area contributed by atoms with Gasteiger partial charge in [0.2, 0.25) is 5.91 Å². The molecule has 0 aliphatic carbocycles. The highest BCUT2D eigenvalue weighted by Gasteiger charge is 2.30. The highest BCUT2D eigenvalue weighted by atomic mass is 32.2. The normalized spacial score (nSPS) is 17.3. The van der Waals surface area contributed by atoms with Crippen LogP contribution in [0, 0.1) is 0 Å². The third kappa shape index (κ3) is 8.35. The summed E-state index contributed by atoms with van der Waals surface area (Å²) in [4.78, 5) is 12.3. The number of nitrogens with zero attached hydrogens (tertiary/aromatic N) is 2. The van der Waals surface area contributed by atoms with Crippen LogP contribution in [-0.4, -0.2) is 29.1 Å². The standard InChI is InChI=1S/C27H35N3O2S/c1-4-5-6-7-8-17-32-24-15-11-22(12-16-24)19-28-30-27-29-26(31)25(33-27)18-21-9-13-23(14-10-21)20(2)3/h9-16,19-20,25H,4-8,17-18H2,1-3H3,(H,29,30,31). The fourth-order valence-electron chi connectivity index (χ4n) is 3.53. The Bertz CT molecular complexity index is 937. The van der Waals surface area contributed by atoms with Crippen LogP contribution in [0.15, 0.2) is 58.7 Å². The number of hydrogen-bond donors (Lipinski definition) is 1. The van der Waals surface area contributed by atoms with Crippen LogP contribution in [0.1, 0.15) is 75.5 Å². The second-order valence-corrected chi connectivity index (χ2v) is 9.87. The van der Waals surface area contributed by atoms with E-state index in [4.69, 9.17) is 4.74 Å². The molecule has 1 amide bonds. The lowest BCUT2D eigenvalue weighted by atomic mass is 10.0. The van der Waals surface area contributed by atoms with Gasteiger partial charge in [0, 0.05) is 0 Å². The Morgan fingerprint density at radius 3 is 2.45 bits per heavy atom. The minimum absolute atomic E-state index is 0.0157. The van der Waals surface area contributed by atoms with Crippen LogP contribution in [-0.2, 0) is 11.2 Å². The zero-order valence-electron chi connectivity index (χ0n) is 19.9. The van der Waals surface area contributed by atoms with Crippen LogP contribution in [0.5, 0.6) is 5.75 Å². The van der Waals surface area contributed by atoms with Gasteiger partial charge in [-0.05, 0) is 59.7 Å². The van der Waals surface area contributed by atoms with E-state index in [9.17, 15) is 4.79 Å². The van der Waals surface area contributed by atoms with Gasteiger partial charge in [0.1, 0.15) is 5.75 Å². The van der Waals surface area contributed by atoms with E-state index in [1.165, 1.54) is 43.0 Å². The summed E-state index contributed by atoms with van der Waals surface area (Å²) in [5.74, 6) is 1.36. The molecule has 3 rings (SSSR count). The van der Waals surface area contributed by atoms with Gasteiger partial charge in [0.05, 0.1) is 18.1 Å². The molecule has 0 radical (unpaired) electrons. The van der Waals surface area contributed by atoms with Gasteiger partial charge in [-0.15, -0.1) is 5.10 Å². The fourth-order valence-corrected chi connectivity index (χ4v) is 4.50. The first-order valence-electron chi connectivity index (χ1n) is 12.0. The van der Waals surface area contributed by atoms with Gasteiger partial charge in [0.15, 0.2) is 5.17 Å². The monoisotopic (exact) mass is 465 g/mol.